The van der Waals surface area contributed by atoms with Crippen molar-refractivity contribution in [3.05, 3.63) is 12.7 Å². The van der Waals surface area contributed by atoms with Crippen LogP contribution in [0.15, 0.2) is 12.7 Å². The number of aliphatic hydroxyl groups excluding tert-OH is 1. The fourth-order valence-corrected chi connectivity index (χ4v) is 0.331. The molecule has 1 atom stereocenters. The van der Waals surface area contributed by atoms with Crippen LogP contribution in [-0.2, 0) is 9.53 Å². The predicted octanol–water partition coefficient (Wildman–Crippen LogP) is -4.70. The quantitative estimate of drug-likeness (QED) is 0.254. The number of rotatable bonds is 5. The summed E-state index contributed by atoms with van der Waals surface area (Å²) < 4.78 is 4.62. The maximum atomic E-state index is 9.83. The average molecular weight is 168 g/mol. The van der Waals surface area contributed by atoms with Gasteiger partial charge in [-0.3, -0.25) is 0 Å². The van der Waals surface area contributed by atoms with Gasteiger partial charge in [0.2, 0.25) is 0 Å². The van der Waals surface area contributed by atoms with Crippen LogP contribution < -0.4 is 34.7 Å². The molecule has 0 aromatic rings. The Bertz CT molecular complexity index is 126. The van der Waals surface area contributed by atoms with Crippen molar-refractivity contribution in [1.29, 1.82) is 0 Å². The van der Waals surface area contributed by atoms with E-state index < -0.39 is 12.1 Å². The van der Waals surface area contributed by atoms with E-state index in [9.17, 15) is 9.90 Å². The molecule has 58 valence electrons. The van der Waals surface area contributed by atoms with E-state index in [1.165, 1.54) is 6.08 Å². The van der Waals surface area contributed by atoms with Gasteiger partial charge < -0.3 is 19.7 Å². The summed E-state index contributed by atoms with van der Waals surface area (Å²) in [5.74, 6) is -1.52. The Hall–Kier alpha value is 0.130. The molecule has 0 aromatic heterocycles. The second-order valence-electron chi connectivity index (χ2n) is 1.66. The van der Waals surface area contributed by atoms with Gasteiger partial charge in [-0.1, -0.05) is 6.08 Å². The Morgan fingerprint density at radius 1 is 1.82 bits per heavy atom. The molecule has 0 spiro atoms. The van der Waals surface area contributed by atoms with E-state index in [1.54, 1.807) is 0 Å². The van der Waals surface area contributed by atoms with E-state index in [1.807, 2.05) is 0 Å². The maximum Gasteiger partial charge on any atom is 1.00 e. The van der Waals surface area contributed by atoms with E-state index in [-0.39, 0.29) is 42.8 Å². The first-order chi connectivity index (χ1) is 4.68. The third kappa shape index (κ3) is 8.03. The van der Waals surface area contributed by atoms with Crippen molar-refractivity contribution in [2.75, 3.05) is 13.2 Å². The molecule has 11 heavy (non-hydrogen) atoms. The third-order valence-electron chi connectivity index (χ3n) is 0.783. The number of carbonyl (C=O) groups is 1. The summed E-state index contributed by atoms with van der Waals surface area (Å²) in [7, 11) is 0. The molecule has 0 radical (unpaired) electrons. The number of carboxylic acid groups (broad SMARTS) is 1. The van der Waals surface area contributed by atoms with Crippen molar-refractivity contribution in [3.63, 3.8) is 0 Å². The summed E-state index contributed by atoms with van der Waals surface area (Å²) in [4.78, 5) is 9.83. The van der Waals surface area contributed by atoms with Crippen LogP contribution in [0.2, 0.25) is 0 Å². The number of hydrogen-bond acceptors (Lipinski definition) is 4. The smallest absolute Gasteiger partial charge is 0.547 e. The molecule has 0 heterocycles. The van der Waals surface area contributed by atoms with Gasteiger partial charge in [0.25, 0.3) is 0 Å². The van der Waals surface area contributed by atoms with Crippen molar-refractivity contribution in [3.8, 4) is 0 Å². The molecule has 0 aliphatic heterocycles. The Labute approximate surface area is 87.2 Å². The van der Waals surface area contributed by atoms with Gasteiger partial charge in [-0.15, -0.1) is 6.58 Å². The summed E-state index contributed by atoms with van der Waals surface area (Å²) in [5.41, 5.74) is 0. The third-order valence-corrected chi connectivity index (χ3v) is 0.783. The van der Waals surface area contributed by atoms with Crippen molar-refractivity contribution in [2.24, 2.45) is 0 Å². The summed E-state index contributed by atoms with van der Waals surface area (Å²) in [6.07, 6.45) is -0.0814. The van der Waals surface area contributed by atoms with Crippen LogP contribution in [0.4, 0.5) is 0 Å². The van der Waals surface area contributed by atoms with E-state index in [2.05, 4.69) is 11.3 Å². The van der Waals surface area contributed by atoms with E-state index >= 15 is 0 Å². The number of carbonyl (C=O) groups excluding carboxylic acids is 1. The van der Waals surface area contributed by atoms with Gasteiger partial charge in [-0.05, 0) is 0 Å². The summed E-state index contributed by atoms with van der Waals surface area (Å²) in [6, 6.07) is 0. The zero-order chi connectivity index (χ0) is 7.98. The van der Waals surface area contributed by atoms with Gasteiger partial charge in [0, 0.05) is 0 Å². The van der Waals surface area contributed by atoms with Gasteiger partial charge in [0.05, 0.1) is 19.2 Å². The Morgan fingerprint density at radius 2 is 2.36 bits per heavy atom. The Balaban J connectivity index is 0. The molecule has 0 rings (SSSR count). The molecule has 1 unspecified atom stereocenters. The van der Waals surface area contributed by atoms with E-state index in [0.717, 1.165) is 0 Å². The molecule has 4 nitrogen and oxygen atoms in total. The molecule has 0 amide bonds. The minimum absolute atomic E-state index is 0. The first-order valence-corrected chi connectivity index (χ1v) is 2.76. The van der Waals surface area contributed by atoms with E-state index in [4.69, 9.17) is 5.11 Å². The van der Waals surface area contributed by atoms with Crippen LogP contribution in [0.5, 0.6) is 0 Å². The topological polar surface area (TPSA) is 69.6 Å². The molecule has 0 bridgehead atoms. The first-order valence-electron chi connectivity index (χ1n) is 2.76. The first kappa shape index (κ1) is 13.7. The Kier molecular flexibility index (Phi) is 10.2. The van der Waals surface area contributed by atoms with Gasteiger partial charge in [-0.25, -0.2) is 0 Å². The maximum absolute atomic E-state index is 9.83. The Morgan fingerprint density at radius 3 is 2.73 bits per heavy atom. The van der Waals surface area contributed by atoms with Crippen LogP contribution >= 0.6 is 0 Å². The van der Waals surface area contributed by atoms with Crippen molar-refractivity contribution in [2.45, 2.75) is 6.10 Å². The normalized spacial score (nSPS) is 11.4. The van der Waals surface area contributed by atoms with Crippen molar-refractivity contribution in [1.82, 2.24) is 0 Å². The van der Waals surface area contributed by atoms with Gasteiger partial charge in [0.15, 0.2) is 0 Å². The fraction of sp³-hybridized carbons (Fsp3) is 0.500. The van der Waals surface area contributed by atoms with Crippen LogP contribution in [0.3, 0.4) is 0 Å². The average Bonchev–Trinajstić information content (AvgIpc) is 1.88. The second kappa shape index (κ2) is 8.23. The summed E-state index contributed by atoms with van der Waals surface area (Å²) >= 11 is 0. The molecule has 5 heteroatoms. The largest absolute Gasteiger partial charge is 1.00 e. The summed E-state index contributed by atoms with van der Waals surface area (Å²) in [6.45, 7) is 3.30. The van der Waals surface area contributed by atoms with Crippen molar-refractivity contribution >= 4 is 5.97 Å². The number of ether oxygens (including phenoxy) is 1. The molecule has 0 saturated carbocycles. The molecule has 0 fully saturated rings. The zero-order valence-corrected chi connectivity index (χ0v) is 8.45. The SMILES string of the molecule is C=CCOCC(O)C(=O)[O-].[Na+]. The van der Waals surface area contributed by atoms with E-state index in [0.29, 0.717) is 0 Å². The molecular weight excluding hydrogens is 159 g/mol. The number of hydrogen-bond donors (Lipinski definition) is 1. The second-order valence-corrected chi connectivity index (χ2v) is 1.66. The molecule has 1 N–H and O–H groups in total. The number of aliphatic hydroxyl groups is 1. The van der Waals surface area contributed by atoms with Crippen molar-refractivity contribution < 1.29 is 49.3 Å². The predicted molar refractivity (Wildman–Crippen MR) is 32.0 cm³/mol. The van der Waals surface area contributed by atoms with Gasteiger partial charge in [0.1, 0.15) is 6.10 Å². The van der Waals surface area contributed by atoms with Gasteiger partial charge >= 0.3 is 29.6 Å². The molecule has 0 aliphatic carbocycles. The minimum Gasteiger partial charge on any atom is -0.547 e. The minimum atomic E-state index is -1.54. The summed E-state index contributed by atoms with van der Waals surface area (Å²) in [5, 5.41) is 18.4. The zero-order valence-electron chi connectivity index (χ0n) is 6.45. The molecule has 0 saturated heterocycles. The molecular formula is C6H9NaO4. The van der Waals surface area contributed by atoms with Crippen LogP contribution in [0, 0.1) is 0 Å². The standard InChI is InChI=1S/C6H10O4.Na/c1-2-3-10-4-5(7)6(8)9;/h2,5,7H,1,3-4H2,(H,8,9);/q;+1/p-1. The molecule has 0 aliphatic rings. The van der Waals surface area contributed by atoms with Crippen LogP contribution in [0.1, 0.15) is 0 Å². The number of aliphatic carboxylic acids is 1. The number of carboxylic acids is 1. The fourth-order valence-electron chi connectivity index (χ4n) is 0.331. The van der Waals surface area contributed by atoms with Crippen LogP contribution in [0.25, 0.3) is 0 Å². The monoisotopic (exact) mass is 168 g/mol. The van der Waals surface area contributed by atoms with Gasteiger partial charge in [-0.2, -0.15) is 0 Å². The molecule has 0 aromatic carbocycles. The van der Waals surface area contributed by atoms with Crippen LogP contribution in [-0.4, -0.2) is 30.4 Å².